The van der Waals surface area contributed by atoms with Crippen LogP contribution in [0.15, 0.2) is 63.2 Å². The highest BCUT2D eigenvalue weighted by molar-refractivity contribution is 6.07. The lowest BCUT2D eigenvalue weighted by Crippen LogP contribution is -2.35. The van der Waals surface area contributed by atoms with Crippen LogP contribution in [0.4, 0.5) is 0 Å². The van der Waals surface area contributed by atoms with Gasteiger partial charge in [0.2, 0.25) is 0 Å². The lowest BCUT2D eigenvalue weighted by atomic mass is 9.87. The molecular weight excluding hydrogens is 424 g/mol. The third-order valence-corrected chi connectivity index (χ3v) is 5.26. The molecule has 1 rings (SSSR count). The zero-order valence-electron chi connectivity index (χ0n) is 22.1. The smallest absolute Gasteiger partial charge is 0.151 e. The van der Waals surface area contributed by atoms with Gasteiger partial charge in [0.1, 0.15) is 11.6 Å². The molecule has 34 heavy (non-hydrogen) atoms. The minimum Gasteiger partial charge on any atom is -0.508 e. The second kappa shape index (κ2) is 15.8. The van der Waals surface area contributed by atoms with Gasteiger partial charge in [0.05, 0.1) is 5.70 Å². The van der Waals surface area contributed by atoms with E-state index in [-0.39, 0.29) is 11.2 Å². The quantitative estimate of drug-likeness (QED) is 0.301. The van der Waals surface area contributed by atoms with Crippen LogP contribution in [0.1, 0.15) is 39.2 Å². The van der Waals surface area contributed by atoms with Crippen molar-refractivity contribution in [2.75, 3.05) is 47.8 Å². The number of aromatic hydroxyl groups is 1. The first kappa shape index (κ1) is 29.1. The van der Waals surface area contributed by atoms with E-state index in [0.717, 1.165) is 55.3 Å². The van der Waals surface area contributed by atoms with Crippen molar-refractivity contribution in [3.63, 3.8) is 0 Å². The van der Waals surface area contributed by atoms with E-state index in [1.54, 1.807) is 19.2 Å². The Morgan fingerprint density at radius 3 is 2.47 bits per heavy atom. The number of rotatable bonds is 13. The molecular formula is C27H44N6O. The van der Waals surface area contributed by atoms with E-state index in [4.69, 9.17) is 4.99 Å². The summed E-state index contributed by atoms with van der Waals surface area (Å²) in [5.74, 6) is 1.84. The van der Waals surface area contributed by atoms with Crippen molar-refractivity contribution in [2.45, 2.75) is 40.0 Å². The van der Waals surface area contributed by atoms with Gasteiger partial charge in [-0.05, 0) is 64.1 Å². The molecule has 0 bridgehead atoms. The van der Waals surface area contributed by atoms with Gasteiger partial charge in [0.25, 0.3) is 0 Å². The van der Waals surface area contributed by atoms with Gasteiger partial charge in [-0.1, -0.05) is 38.1 Å². The molecule has 0 fully saturated rings. The standard InChI is InChI=1S/C27H44N6O/c1-8-30-19-10-9-18-27(2,3)26(29-5)32-25(24(28-4)12-11-21-33(6)7)31-20-17-22-13-15-23(34)16-14-22/h9-10,12-16,19,28,34H,8,11,17-18,20-21H2,1-7H3,(H,29,31,32)/b10-9?,24-12?,30-19-. The Hall–Kier alpha value is -2.93. The largest absolute Gasteiger partial charge is 0.508 e. The van der Waals surface area contributed by atoms with Crippen LogP contribution in [-0.4, -0.2) is 75.7 Å². The Labute approximate surface area is 206 Å². The predicted molar refractivity (Wildman–Crippen MR) is 147 cm³/mol. The molecule has 188 valence electrons. The van der Waals surface area contributed by atoms with Crippen molar-refractivity contribution in [1.29, 1.82) is 0 Å². The highest BCUT2D eigenvalue weighted by atomic mass is 16.3. The lowest BCUT2D eigenvalue weighted by Gasteiger charge is -2.24. The maximum absolute atomic E-state index is 9.52. The van der Waals surface area contributed by atoms with Gasteiger partial charge < -0.3 is 20.6 Å². The molecule has 0 aliphatic heterocycles. The zero-order valence-corrected chi connectivity index (χ0v) is 22.1. The summed E-state index contributed by atoms with van der Waals surface area (Å²) in [5.41, 5.74) is 1.86. The van der Waals surface area contributed by atoms with Gasteiger partial charge in [0.15, 0.2) is 5.84 Å². The molecule has 1 aromatic carbocycles. The van der Waals surface area contributed by atoms with E-state index < -0.39 is 0 Å². The first-order chi connectivity index (χ1) is 16.2. The summed E-state index contributed by atoms with van der Waals surface area (Å²) >= 11 is 0. The minimum absolute atomic E-state index is 0.238. The molecule has 0 saturated carbocycles. The summed E-state index contributed by atoms with van der Waals surface area (Å²) in [4.78, 5) is 15.9. The number of allylic oxidation sites excluding steroid dienone is 2. The van der Waals surface area contributed by atoms with Crippen LogP contribution in [0.2, 0.25) is 0 Å². The van der Waals surface area contributed by atoms with Crippen molar-refractivity contribution in [3.05, 3.63) is 53.8 Å². The number of nitrogens with one attached hydrogen (secondary N) is 2. The minimum atomic E-state index is -0.238. The highest BCUT2D eigenvalue weighted by Crippen LogP contribution is 2.24. The fourth-order valence-corrected chi connectivity index (χ4v) is 3.26. The summed E-state index contributed by atoms with van der Waals surface area (Å²) in [5, 5.41) is 16.3. The second-order valence-electron chi connectivity index (χ2n) is 8.97. The third-order valence-electron chi connectivity index (χ3n) is 5.26. The Morgan fingerprint density at radius 1 is 1.18 bits per heavy atom. The molecule has 1 aromatic rings. The van der Waals surface area contributed by atoms with Crippen LogP contribution < -0.4 is 10.6 Å². The van der Waals surface area contributed by atoms with Crippen LogP contribution in [-0.2, 0) is 6.42 Å². The molecule has 0 amide bonds. The van der Waals surface area contributed by atoms with Crippen LogP contribution in [0.25, 0.3) is 0 Å². The number of likely N-dealkylation sites (N-methyl/N-ethyl adjacent to an activating group) is 1. The number of phenolic OH excluding ortho intramolecular Hbond substituents is 1. The molecule has 7 heteroatoms. The molecule has 0 aliphatic carbocycles. The van der Waals surface area contributed by atoms with Crippen LogP contribution in [0.3, 0.4) is 0 Å². The fraction of sp³-hybridized carbons (Fsp3) is 0.519. The molecule has 0 unspecified atom stereocenters. The predicted octanol–water partition coefficient (Wildman–Crippen LogP) is 4.07. The van der Waals surface area contributed by atoms with Gasteiger partial charge in [-0.3, -0.25) is 9.98 Å². The molecule has 7 nitrogen and oxygen atoms in total. The number of phenols is 1. The van der Waals surface area contributed by atoms with Crippen LogP contribution in [0, 0.1) is 5.41 Å². The van der Waals surface area contributed by atoms with Crippen molar-refractivity contribution < 1.29 is 5.11 Å². The molecule has 0 aliphatic rings. The van der Waals surface area contributed by atoms with E-state index in [1.807, 2.05) is 38.4 Å². The van der Waals surface area contributed by atoms with Gasteiger partial charge in [-0.15, -0.1) is 0 Å². The average molecular weight is 469 g/mol. The van der Waals surface area contributed by atoms with Crippen LogP contribution in [0.5, 0.6) is 5.75 Å². The highest BCUT2D eigenvalue weighted by Gasteiger charge is 2.24. The maximum atomic E-state index is 9.52. The molecule has 0 saturated heterocycles. The van der Waals surface area contributed by atoms with Gasteiger partial charge in [-0.2, -0.15) is 0 Å². The van der Waals surface area contributed by atoms with Crippen molar-refractivity contribution >= 4 is 17.9 Å². The fourth-order valence-electron chi connectivity index (χ4n) is 3.26. The first-order valence-corrected chi connectivity index (χ1v) is 12.0. The summed E-state index contributed by atoms with van der Waals surface area (Å²) < 4.78 is 0. The number of hydrogen-bond acceptors (Lipinski definition) is 5. The van der Waals surface area contributed by atoms with E-state index in [1.165, 1.54) is 0 Å². The molecule has 0 atom stereocenters. The van der Waals surface area contributed by atoms with Gasteiger partial charge in [-0.25, -0.2) is 4.99 Å². The monoisotopic (exact) mass is 468 g/mol. The third kappa shape index (κ3) is 11.3. The molecule has 0 heterocycles. The van der Waals surface area contributed by atoms with Crippen LogP contribution >= 0.6 is 0 Å². The van der Waals surface area contributed by atoms with Crippen molar-refractivity contribution in [1.82, 2.24) is 15.5 Å². The summed E-state index contributed by atoms with van der Waals surface area (Å²) in [6, 6.07) is 7.31. The van der Waals surface area contributed by atoms with E-state index in [9.17, 15) is 5.11 Å². The SMILES string of the molecule is CC/N=C\C=CCC(C)(C)C(=N/C)/N=C(/NCCc1ccc(O)cc1)C(=CCCN(C)C)NC. The average Bonchev–Trinajstić information content (AvgIpc) is 2.80. The van der Waals surface area contributed by atoms with Crippen molar-refractivity contribution in [3.8, 4) is 5.75 Å². The second-order valence-corrected chi connectivity index (χ2v) is 8.97. The Kier molecular flexibility index (Phi) is 13.5. The Balaban J connectivity index is 3.11. The zero-order chi connectivity index (χ0) is 25.4. The Bertz CT molecular complexity index is 864. The number of hydrogen-bond donors (Lipinski definition) is 3. The summed E-state index contributed by atoms with van der Waals surface area (Å²) in [6.45, 7) is 8.78. The van der Waals surface area contributed by atoms with E-state index >= 15 is 0 Å². The first-order valence-electron chi connectivity index (χ1n) is 12.0. The van der Waals surface area contributed by atoms with E-state index in [2.05, 4.69) is 65.6 Å². The topological polar surface area (TPSA) is 84.6 Å². The van der Waals surface area contributed by atoms with E-state index in [0.29, 0.717) is 6.54 Å². The lowest BCUT2D eigenvalue weighted by molar-refractivity contribution is 0.417. The molecule has 3 N–H and O–H groups in total. The number of aliphatic imine (C=N–C) groups is 3. The van der Waals surface area contributed by atoms with Gasteiger partial charge in [0, 0.05) is 45.4 Å². The van der Waals surface area contributed by atoms with Crippen molar-refractivity contribution in [2.24, 2.45) is 20.4 Å². The maximum Gasteiger partial charge on any atom is 0.151 e. The molecule has 0 spiro atoms. The van der Waals surface area contributed by atoms with Gasteiger partial charge >= 0.3 is 0 Å². The number of benzene rings is 1. The molecule has 0 radical (unpaired) electrons. The number of nitrogens with zero attached hydrogens (tertiary/aromatic N) is 4. The molecule has 0 aromatic heterocycles. The summed E-state index contributed by atoms with van der Waals surface area (Å²) in [6.07, 6.45) is 10.6. The number of amidine groups is 2. The Morgan fingerprint density at radius 2 is 1.88 bits per heavy atom. The summed E-state index contributed by atoms with van der Waals surface area (Å²) in [7, 11) is 7.86. The normalized spacial score (nSPS) is 13.9.